The summed E-state index contributed by atoms with van der Waals surface area (Å²) in [6, 6.07) is 0. The van der Waals surface area contributed by atoms with Gasteiger partial charge in [-0.05, 0) is 32.7 Å². The van der Waals surface area contributed by atoms with Gasteiger partial charge in [-0.15, -0.1) is 0 Å². The highest BCUT2D eigenvalue weighted by atomic mass is 14.5. The second-order valence-corrected chi connectivity index (χ2v) is 2.33. The molecule has 0 spiro atoms. The zero-order valence-electron chi connectivity index (χ0n) is 6.48. The van der Waals surface area contributed by atoms with Crippen molar-refractivity contribution < 1.29 is 0 Å². The van der Waals surface area contributed by atoms with Crippen LogP contribution in [0.15, 0.2) is 11.6 Å². The first-order valence-electron chi connectivity index (χ1n) is 3.67. The molecule has 0 aliphatic carbocycles. The normalized spacial score (nSPS) is 12.1. The Kier molecular flexibility index (Phi) is 5.64. The third-order valence-electron chi connectivity index (χ3n) is 1.46. The lowest BCUT2D eigenvalue weighted by Crippen LogP contribution is -1.96. The molecule has 0 rings (SSSR count). The Balaban J connectivity index is 3.21. The average Bonchev–Trinajstić information content (AvgIpc) is 1.89. The van der Waals surface area contributed by atoms with Crippen molar-refractivity contribution >= 4 is 0 Å². The fourth-order valence-electron chi connectivity index (χ4n) is 0.611. The summed E-state index contributed by atoms with van der Waals surface area (Å²) >= 11 is 0. The van der Waals surface area contributed by atoms with Crippen molar-refractivity contribution in [3.8, 4) is 0 Å². The van der Waals surface area contributed by atoms with Gasteiger partial charge in [-0.3, -0.25) is 0 Å². The van der Waals surface area contributed by atoms with Crippen LogP contribution in [0.5, 0.6) is 0 Å². The molecule has 0 atom stereocenters. The molecule has 0 aromatic rings. The third-order valence-corrected chi connectivity index (χ3v) is 1.46. The van der Waals surface area contributed by atoms with Gasteiger partial charge in [-0.25, -0.2) is 0 Å². The number of nitrogens with two attached hydrogens (primary N) is 1. The van der Waals surface area contributed by atoms with E-state index in [1.807, 2.05) is 0 Å². The topological polar surface area (TPSA) is 26.0 Å². The van der Waals surface area contributed by atoms with E-state index in [2.05, 4.69) is 19.9 Å². The van der Waals surface area contributed by atoms with E-state index in [1.165, 1.54) is 12.0 Å². The zero-order chi connectivity index (χ0) is 7.11. The molecule has 0 unspecified atom stereocenters. The summed E-state index contributed by atoms with van der Waals surface area (Å²) in [5.74, 6) is 0. The summed E-state index contributed by atoms with van der Waals surface area (Å²) in [6.45, 7) is 5.15. The van der Waals surface area contributed by atoms with Gasteiger partial charge in [-0.1, -0.05) is 18.6 Å². The van der Waals surface area contributed by atoms with Crippen molar-refractivity contribution in [1.29, 1.82) is 0 Å². The molecule has 1 nitrogen and oxygen atoms in total. The van der Waals surface area contributed by atoms with Crippen molar-refractivity contribution in [1.82, 2.24) is 0 Å². The van der Waals surface area contributed by atoms with Crippen molar-refractivity contribution in [2.75, 3.05) is 6.54 Å². The highest BCUT2D eigenvalue weighted by Gasteiger charge is 1.82. The first-order chi connectivity index (χ1) is 4.31. The number of allylic oxidation sites excluding steroid dienone is 2. The standard InChI is InChI=1S/C8H17N/c1-3-8(2)6-4-5-7-9/h6H,3-5,7,9H2,1-2H3. The minimum Gasteiger partial charge on any atom is -0.330 e. The molecule has 2 N–H and O–H groups in total. The lowest BCUT2D eigenvalue weighted by Gasteiger charge is -1.93. The molecule has 0 bridgehead atoms. The van der Waals surface area contributed by atoms with Crippen molar-refractivity contribution in [3.63, 3.8) is 0 Å². The van der Waals surface area contributed by atoms with Crippen LogP contribution in [0.3, 0.4) is 0 Å². The predicted molar refractivity (Wildman–Crippen MR) is 42.3 cm³/mol. The van der Waals surface area contributed by atoms with Crippen LogP contribution in [-0.4, -0.2) is 6.54 Å². The van der Waals surface area contributed by atoms with Gasteiger partial charge >= 0.3 is 0 Å². The highest BCUT2D eigenvalue weighted by Crippen LogP contribution is 2.00. The Hall–Kier alpha value is -0.300. The molecule has 0 fully saturated rings. The van der Waals surface area contributed by atoms with Crippen LogP contribution in [0.25, 0.3) is 0 Å². The Labute approximate surface area is 57.9 Å². The maximum atomic E-state index is 5.33. The largest absolute Gasteiger partial charge is 0.330 e. The second-order valence-electron chi connectivity index (χ2n) is 2.33. The Morgan fingerprint density at radius 3 is 2.67 bits per heavy atom. The van der Waals surface area contributed by atoms with E-state index in [9.17, 15) is 0 Å². The fraction of sp³-hybridized carbons (Fsp3) is 0.750. The van der Waals surface area contributed by atoms with Gasteiger partial charge in [0.25, 0.3) is 0 Å². The molecule has 0 aromatic carbocycles. The number of hydrogen-bond acceptors (Lipinski definition) is 1. The fourth-order valence-corrected chi connectivity index (χ4v) is 0.611. The lowest BCUT2D eigenvalue weighted by atomic mass is 10.2. The lowest BCUT2D eigenvalue weighted by molar-refractivity contribution is 0.845. The van der Waals surface area contributed by atoms with Crippen LogP contribution in [0.4, 0.5) is 0 Å². The van der Waals surface area contributed by atoms with Crippen molar-refractivity contribution in [2.45, 2.75) is 33.1 Å². The average molecular weight is 127 g/mol. The molecule has 0 amide bonds. The van der Waals surface area contributed by atoms with E-state index in [0.717, 1.165) is 19.4 Å². The molecule has 1 heteroatoms. The van der Waals surface area contributed by atoms with Crippen LogP contribution in [-0.2, 0) is 0 Å². The molecule has 0 heterocycles. The summed E-state index contributed by atoms with van der Waals surface area (Å²) in [5.41, 5.74) is 6.80. The summed E-state index contributed by atoms with van der Waals surface area (Å²) in [5, 5.41) is 0. The molecule has 0 aliphatic rings. The molecule has 54 valence electrons. The first kappa shape index (κ1) is 8.70. The SMILES string of the molecule is CCC(C)=CCCCN. The molecule has 0 radical (unpaired) electrons. The maximum Gasteiger partial charge on any atom is -0.00743 e. The van der Waals surface area contributed by atoms with E-state index in [4.69, 9.17) is 5.73 Å². The van der Waals surface area contributed by atoms with Gasteiger partial charge in [-0.2, -0.15) is 0 Å². The first-order valence-corrected chi connectivity index (χ1v) is 3.67. The third kappa shape index (κ3) is 5.57. The molecule has 0 saturated heterocycles. The molecule has 0 saturated carbocycles. The number of rotatable bonds is 4. The Morgan fingerprint density at radius 2 is 2.22 bits per heavy atom. The van der Waals surface area contributed by atoms with Crippen molar-refractivity contribution in [3.05, 3.63) is 11.6 Å². The summed E-state index contributed by atoms with van der Waals surface area (Å²) in [6.07, 6.45) is 5.71. The van der Waals surface area contributed by atoms with Crippen LogP contribution in [0, 0.1) is 0 Å². The van der Waals surface area contributed by atoms with Crippen molar-refractivity contribution in [2.24, 2.45) is 5.73 Å². The van der Waals surface area contributed by atoms with Crippen LogP contribution < -0.4 is 5.73 Å². The summed E-state index contributed by atoms with van der Waals surface area (Å²) < 4.78 is 0. The van der Waals surface area contributed by atoms with E-state index in [1.54, 1.807) is 0 Å². The van der Waals surface area contributed by atoms with Crippen LogP contribution >= 0.6 is 0 Å². The maximum absolute atomic E-state index is 5.33. The van der Waals surface area contributed by atoms with E-state index in [-0.39, 0.29) is 0 Å². The van der Waals surface area contributed by atoms with Gasteiger partial charge in [0, 0.05) is 0 Å². The summed E-state index contributed by atoms with van der Waals surface area (Å²) in [4.78, 5) is 0. The molecule has 9 heavy (non-hydrogen) atoms. The minimum absolute atomic E-state index is 0.813. The molecular formula is C8H17N. The molecular weight excluding hydrogens is 110 g/mol. The van der Waals surface area contributed by atoms with E-state index in [0.29, 0.717) is 0 Å². The monoisotopic (exact) mass is 127 g/mol. The number of unbranched alkanes of at least 4 members (excludes halogenated alkanes) is 1. The Morgan fingerprint density at radius 1 is 1.56 bits per heavy atom. The summed E-state index contributed by atoms with van der Waals surface area (Å²) in [7, 11) is 0. The highest BCUT2D eigenvalue weighted by molar-refractivity contribution is 4.96. The van der Waals surface area contributed by atoms with Crippen LogP contribution in [0.1, 0.15) is 33.1 Å². The smallest absolute Gasteiger partial charge is 0.00743 e. The van der Waals surface area contributed by atoms with E-state index < -0.39 is 0 Å². The van der Waals surface area contributed by atoms with Gasteiger partial charge in [0.05, 0.1) is 0 Å². The minimum atomic E-state index is 0.813. The Bertz CT molecular complexity index is 84.6. The quantitative estimate of drug-likeness (QED) is 0.454. The zero-order valence-corrected chi connectivity index (χ0v) is 6.48. The van der Waals surface area contributed by atoms with Gasteiger partial charge in [0.1, 0.15) is 0 Å². The van der Waals surface area contributed by atoms with Gasteiger partial charge in [0.15, 0.2) is 0 Å². The van der Waals surface area contributed by atoms with Gasteiger partial charge in [0.2, 0.25) is 0 Å². The predicted octanol–water partition coefficient (Wildman–Crippen LogP) is 2.08. The van der Waals surface area contributed by atoms with Crippen LogP contribution in [0.2, 0.25) is 0 Å². The molecule has 0 aliphatic heterocycles. The molecule has 0 aromatic heterocycles. The number of hydrogen-bond donors (Lipinski definition) is 1. The van der Waals surface area contributed by atoms with E-state index >= 15 is 0 Å². The van der Waals surface area contributed by atoms with Gasteiger partial charge < -0.3 is 5.73 Å². The second kappa shape index (κ2) is 5.83.